The lowest BCUT2D eigenvalue weighted by Gasteiger charge is -2.15. The van der Waals surface area contributed by atoms with Gasteiger partial charge in [-0.05, 0) is 43.0 Å². The third kappa shape index (κ3) is 2.96. The number of hydrogen-bond donors (Lipinski definition) is 1. The molecule has 1 saturated carbocycles. The number of aromatic nitrogens is 3. The molecule has 108 valence electrons. The summed E-state index contributed by atoms with van der Waals surface area (Å²) in [6.07, 6.45) is 10.2. The Morgan fingerprint density at radius 3 is 2.90 bits per heavy atom. The Hall–Kier alpha value is -1.55. The van der Waals surface area contributed by atoms with Crippen molar-refractivity contribution in [2.75, 3.05) is 6.54 Å². The second kappa shape index (κ2) is 5.83. The van der Waals surface area contributed by atoms with E-state index >= 15 is 0 Å². The van der Waals surface area contributed by atoms with Crippen molar-refractivity contribution in [1.82, 2.24) is 19.7 Å². The molecule has 1 atom stereocenters. The molecule has 2 aromatic heterocycles. The first-order chi connectivity index (χ1) is 9.78. The molecule has 2 aromatic rings. The Morgan fingerprint density at radius 1 is 1.40 bits per heavy atom. The first-order valence-electron chi connectivity index (χ1n) is 7.64. The molecule has 3 rings (SSSR count). The van der Waals surface area contributed by atoms with E-state index in [1.54, 1.807) is 0 Å². The summed E-state index contributed by atoms with van der Waals surface area (Å²) in [6, 6.07) is 4.92. The average Bonchev–Trinajstić information content (AvgIpc) is 3.03. The summed E-state index contributed by atoms with van der Waals surface area (Å²) in [5, 5.41) is 7.84. The summed E-state index contributed by atoms with van der Waals surface area (Å²) in [6.45, 7) is 4.25. The number of nitrogens with one attached hydrogen (secondary N) is 1. The predicted octanol–water partition coefficient (Wildman–Crippen LogP) is 2.52. The van der Waals surface area contributed by atoms with E-state index in [1.807, 2.05) is 17.9 Å². The van der Waals surface area contributed by atoms with E-state index in [-0.39, 0.29) is 0 Å². The second-order valence-electron chi connectivity index (χ2n) is 5.75. The van der Waals surface area contributed by atoms with E-state index in [1.165, 1.54) is 24.1 Å². The zero-order chi connectivity index (χ0) is 13.9. The van der Waals surface area contributed by atoms with Crippen molar-refractivity contribution in [3.63, 3.8) is 0 Å². The molecule has 1 N–H and O–H groups in total. The summed E-state index contributed by atoms with van der Waals surface area (Å²) < 4.78 is 4.26. The molecule has 0 radical (unpaired) electrons. The van der Waals surface area contributed by atoms with Gasteiger partial charge >= 0.3 is 0 Å². The fourth-order valence-corrected chi connectivity index (χ4v) is 2.88. The van der Waals surface area contributed by atoms with Crippen LogP contribution in [0, 0.1) is 5.92 Å². The van der Waals surface area contributed by atoms with Crippen LogP contribution in [0.25, 0.3) is 0 Å². The Bertz CT molecular complexity index is 550. The molecule has 1 aliphatic carbocycles. The molecule has 0 spiro atoms. The molecule has 4 nitrogen and oxygen atoms in total. The molecular formula is C16H24N4. The van der Waals surface area contributed by atoms with Crippen molar-refractivity contribution >= 4 is 0 Å². The highest BCUT2D eigenvalue weighted by molar-refractivity contribution is 5.18. The van der Waals surface area contributed by atoms with Crippen LogP contribution in [0.4, 0.5) is 0 Å². The third-order valence-electron chi connectivity index (χ3n) is 4.20. The highest BCUT2D eigenvalue weighted by atomic mass is 15.3. The van der Waals surface area contributed by atoms with Crippen molar-refractivity contribution in [3.8, 4) is 0 Å². The van der Waals surface area contributed by atoms with Crippen molar-refractivity contribution < 1.29 is 0 Å². The van der Waals surface area contributed by atoms with Crippen LogP contribution in [-0.2, 0) is 20.0 Å². The number of nitrogens with zero attached hydrogens (tertiary/aromatic N) is 3. The van der Waals surface area contributed by atoms with Gasteiger partial charge in [0.1, 0.15) is 0 Å². The zero-order valence-electron chi connectivity index (χ0n) is 12.4. The smallest absolute Gasteiger partial charge is 0.0492 e. The standard InChI is InChI=1S/C16H24N4/c1-3-17-16(13-4-5-13)14-7-10-20(12-14)11-8-15-6-9-18-19(15)2/h6-7,9-10,12-13,16-17H,3-5,8,11H2,1-2H3. The van der Waals surface area contributed by atoms with Gasteiger partial charge in [-0.1, -0.05) is 6.92 Å². The van der Waals surface area contributed by atoms with Gasteiger partial charge in [-0.3, -0.25) is 4.68 Å². The molecule has 1 unspecified atom stereocenters. The largest absolute Gasteiger partial charge is 0.354 e. The second-order valence-corrected chi connectivity index (χ2v) is 5.75. The van der Waals surface area contributed by atoms with E-state index in [2.05, 4.69) is 46.4 Å². The highest BCUT2D eigenvalue weighted by Gasteiger charge is 2.31. The fraction of sp³-hybridized carbons (Fsp3) is 0.562. The normalized spacial score (nSPS) is 16.5. The van der Waals surface area contributed by atoms with Crippen LogP contribution in [0.1, 0.15) is 37.1 Å². The van der Waals surface area contributed by atoms with Crippen LogP contribution in [0.3, 0.4) is 0 Å². The first kappa shape index (κ1) is 13.4. The van der Waals surface area contributed by atoms with Crippen molar-refractivity contribution in [2.45, 2.75) is 38.8 Å². The van der Waals surface area contributed by atoms with Crippen molar-refractivity contribution in [1.29, 1.82) is 0 Å². The average molecular weight is 272 g/mol. The lowest BCUT2D eigenvalue weighted by atomic mass is 10.1. The molecule has 2 heterocycles. The lowest BCUT2D eigenvalue weighted by molar-refractivity contribution is 0.495. The maximum Gasteiger partial charge on any atom is 0.0492 e. The fourth-order valence-electron chi connectivity index (χ4n) is 2.88. The summed E-state index contributed by atoms with van der Waals surface area (Å²) in [7, 11) is 2.00. The van der Waals surface area contributed by atoms with E-state index in [4.69, 9.17) is 0 Å². The van der Waals surface area contributed by atoms with Gasteiger partial charge in [0.2, 0.25) is 0 Å². The van der Waals surface area contributed by atoms with Crippen molar-refractivity contribution in [3.05, 3.63) is 42.0 Å². The Balaban J connectivity index is 1.62. The maximum atomic E-state index is 4.22. The van der Waals surface area contributed by atoms with Crippen LogP contribution >= 0.6 is 0 Å². The lowest BCUT2D eigenvalue weighted by Crippen LogP contribution is -2.22. The van der Waals surface area contributed by atoms with Crippen molar-refractivity contribution in [2.24, 2.45) is 13.0 Å². The highest BCUT2D eigenvalue weighted by Crippen LogP contribution is 2.40. The molecule has 0 bridgehead atoms. The van der Waals surface area contributed by atoms with Gasteiger partial charge in [-0.15, -0.1) is 0 Å². The van der Waals surface area contributed by atoms with Gasteiger partial charge in [0, 0.05) is 50.3 Å². The third-order valence-corrected chi connectivity index (χ3v) is 4.20. The first-order valence-corrected chi connectivity index (χ1v) is 7.64. The maximum absolute atomic E-state index is 4.22. The quantitative estimate of drug-likeness (QED) is 0.840. The minimum Gasteiger partial charge on any atom is -0.354 e. The van der Waals surface area contributed by atoms with Gasteiger partial charge < -0.3 is 9.88 Å². The number of rotatable bonds is 7. The van der Waals surface area contributed by atoms with Gasteiger partial charge in [0.15, 0.2) is 0 Å². The topological polar surface area (TPSA) is 34.8 Å². The molecule has 0 saturated heterocycles. The van der Waals surface area contributed by atoms with Gasteiger partial charge in [-0.25, -0.2) is 0 Å². The van der Waals surface area contributed by atoms with E-state index in [0.717, 1.165) is 25.4 Å². The van der Waals surface area contributed by atoms with E-state index in [9.17, 15) is 0 Å². The van der Waals surface area contributed by atoms with Gasteiger partial charge in [0.25, 0.3) is 0 Å². The zero-order valence-corrected chi connectivity index (χ0v) is 12.4. The molecule has 0 aliphatic heterocycles. The monoisotopic (exact) mass is 272 g/mol. The van der Waals surface area contributed by atoms with Crippen LogP contribution in [0.15, 0.2) is 30.7 Å². The van der Waals surface area contributed by atoms with Gasteiger partial charge in [0.05, 0.1) is 0 Å². The summed E-state index contributed by atoms with van der Waals surface area (Å²) in [5.41, 5.74) is 2.73. The predicted molar refractivity (Wildman–Crippen MR) is 80.5 cm³/mol. The number of hydrogen-bond acceptors (Lipinski definition) is 2. The molecule has 4 heteroatoms. The Kier molecular flexibility index (Phi) is 3.92. The summed E-state index contributed by atoms with van der Waals surface area (Å²) >= 11 is 0. The van der Waals surface area contributed by atoms with E-state index < -0.39 is 0 Å². The molecule has 1 aliphatic rings. The molecule has 1 fully saturated rings. The van der Waals surface area contributed by atoms with Crippen LogP contribution in [0.5, 0.6) is 0 Å². The Labute approximate surface area is 120 Å². The SMILES string of the molecule is CCNC(c1ccn(CCc2ccnn2C)c1)C1CC1. The minimum absolute atomic E-state index is 0.554. The molecule has 0 aromatic carbocycles. The van der Waals surface area contributed by atoms with Crippen LogP contribution in [-0.4, -0.2) is 20.9 Å². The number of aryl methyl sites for hydroxylation is 3. The molecule has 0 amide bonds. The van der Waals surface area contributed by atoms with E-state index in [0.29, 0.717) is 6.04 Å². The Morgan fingerprint density at radius 2 is 2.25 bits per heavy atom. The summed E-state index contributed by atoms with van der Waals surface area (Å²) in [4.78, 5) is 0. The molecule has 20 heavy (non-hydrogen) atoms. The molecular weight excluding hydrogens is 248 g/mol. The van der Waals surface area contributed by atoms with Gasteiger partial charge in [-0.2, -0.15) is 5.10 Å². The van der Waals surface area contributed by atoms with Crippen LogP contribution < -0.4 is 5.32 Å². The van der Waals surface area contributed by atoms with Crippen LogP contribution in [0.2, 0.25) is 0 Å². The minimum atomic E-state index is 0.554. The summed E-state index contributed by atoms with van der Waals surface area (Å²) in [5.74, 6) is 0.850.